The highest BCUT2D eigenvalue weighted by molar-refractivity contribution is 6.35. The summed E-state index contributed by atoms with van der Waals surface area (Å²) in [4.78, 5) is 23.7. The molecule has 0 saturated carbocycles. The highest BCUT2D eigenvalue weighted by Crippen LogP contribution is 2.52. The van der Waals surface area contributed by atoms with E-state index in [-0.39, 0.29) is 23.0 Å². The lowest BCUT2D eigenvalue weighted by Crippen LogP contribution is -2.47. The van der Waals surface area contributed by atoms with Crippen LogP contribution in [0.2, 0.25) is 10.0 Å². The molecule has 4 rings (SSSR count). The van der Waals surface area contributed by atoms with Crippen LogP contribution in [0.3, 0.4) is 0 Å². The minimum Gasteiger partial charge on any atom is -0.486 e. The summed E-state index contributed by atoms with van der Waals surface area (Å²) >= 11 is 12.5. The Labute approximate surface area is 153 Å². The third kappa shape index (κ3) is 2.38. The molecule has 0 bridgehead atoms. The van der Waals surface area contributed by atoms with Gasteiger partial charge < -0.3 is 15.2 Å². The summed E-state index contributed by atoms with van der Waals surface area (Å²) in [6.45, 7) is 1.47. The first-order valence-corrected chi connectivity index (χ1v) is 8.43. The molecule has 2 heterocycles. The van der Waals surface area contributed by atoms with Crippen LogP contribution in [0.5, 0.6) is 5.75 Å². The average Bonchev–Trinajstić information content (AvgIpc) is 2.92. The molecular formula is C18H13Cl2NO4. The normalized spacial score (nSPS) is 22.9. The number of ketones is 1. The third-order valence-corrected chi connectivity index (χ3v) is 5.21. The molecule has 7 heteroatoms. The third-order valence-electron chi connectivity index (χ3n) is 4.68. The van der Waals surface area contributed by atoms with Gasteiger partial charge in [-0.2, -0.15) is 0 Å². The molecular weight excluding hydrogens is 365 g/mol. The van der Waals surface area contributed by atoms with Crippen LogP contribution in [0.15, 0.2) is 30.3 Å². The summed E-state index contributed by atoms with van der Waals surface area (Å²) < 4.78 is 5.96. The molecule has 2 aliphatic heterocycles. The molecule has 3 unspecified atom stereocenters. The van der Waals surface area contributed by atoms with E-state index in [1.54, 1.807) is 18.2 Å². The number of hydrogen-bond acceptors (Lipinski definition) is 4. The highest BCUT2D eigenvalue weighted by atomic mass is 35.5. The van der Waals surface area contributed by atoms with Gasteiger partial charge in [0.2, 0.25) is 0 Å². The molecule has 2 aromatic rings. The molecule has 2 N–H and O–H groups in total. The van der Waals surface area contributed by atoms with E-state index in [1.807, 2.05) is 6.07 Å². The topological polar surface area (TPSA) is 75.6 Å². The van der Waals surface area contributed by atoms with Gasteiger partial charge in [0.05, 0.1) is 5.92 Å². The van der Waals surface area contributed by atoms with Gasteiger partial charge in [0.1, 0.15) is 23.5 Å². The smallest absolute Gasteiger partial charge is 0.339 e. The van der Waals surface area contributed by atoms with Crippen molar-refractivity contribution in [2.24, 2.45) is 0 Å². The number of carboxylic acid groups (broad SMARTS) is 1. The Bertz CT molecular complexity index is 928. The fourth-order valence-electron chi connectivity index (χ4n) is 3.66. The summed E-state index contributed by atoms with van der Waals surface area (Å²) in [6, 6.07) is 7.69. The molecule has 25 heavy (non-hydrogen) atoms. The first-order valence-electron chi connectivity index (χ1n) is 7.67. The molecule has 0 aliphatic carbocycles. The monoisotopic (exact) mass is 377 g/mol. The molecule has 2 aliphatic rings. The Kier molecular flexibility index (Phi) is 3.67. The van der Waals surface area contributed by atoms with Crippen LogP contribution in [-0.4, -0.2) is 29.0 Å². The van der Waals surface area contributed by atoms with Crippen LogP contribution >= 0.6 is 23.2 Å². The van der Waals surface area contributed by atoms with Gasteiger partial charge in [-0.05, 0) is 25.1 Å². The summed E-state index contributed by atoms with van der Waals surface area (Å²) in [7, 11) is 0. The van der Waals surface area contributed by atoms with Crippen molar-refractivity contribution < 1.29 is 19.4 Å². The SMILES string of the molecule is CC(=O)C1Nc2cc(Cl)cc(Cl)c2C2c3cccc(C(=O)O)c3OC12. The van der Waals surface area contributed by atoms with Gasteiger partial charge in [-0.3, -0.25) is 4.79 Å². The Morgan fingerprint density at radius 3 is 2.68 bits per heavy atom. The largest absolute Gasteiger partial charge is 0.486 e. The number of halogens is 2. The predicted octanol–water partition coefficient (Wildman–Crippen LogP) is 3.97. The second-order valence-electron chi connectivity index (χ2n) is 6.17. The number of fused-ring (bicyclic) bond motifs is 5. The van der Waals surface area contributed by atoms with Crippen molar-refractivity contribution in [1.29, 1.82) is 0 Å². The van der Waals surface area contributed by atoms with Crippen molar-refractivity contribution in [3.63, 3.8) is 0 Å². The van der Waals surface area contributed by atoms with Crippen LogP contribution in [0.25, 0.3) is 0 Å². The molecule has 0 aromatic heterocycles. The van der Waals surface area contributed by atoms with E-state index in [2.05, 4.69) is 5.32 Å². The van der Waals surface area contributed by atoms with Crippen LogP contribution < -0.4 is 10.1 Å². The number of ether oxygens (including phenoxy) is 1. The van der Waals surface area contributed by atoms with Gasteiger partial charge in [0.25, 0.3) is 0 Å². The molecule has 2 aromatic carbocycles. The zero-order valence-corrected chi connectivity index (χ0v) is 14.6. The Hall–Kier alpha value is -2.24. The number of hydrogen-bond donors (Lipinski definition) is 2. The van der Waals surface area contributed by atoms with Gasteiger partial charge in [0.15, 0.2) is 5.78 Å². The molecule has 0 fully saturated rings. The Morgan fingerprint density at radius 2 is 2.00 bits per heavy atom. The van der Waals surface area contributed by atoms with Crippen LogP contribution in [0.1, 0.15) is 34.3 Å². The van der Waals surface area contributed by atoms with E-state index in [0.717, 1.165) is 5.56 Å². The summed E-state index contributed by atoms with van der Waals surface area (Å²) in [6.07, 6.45) is -0.570. The molecule has 3 atom stereocenters. The van der Waals surface area contributed by atoms with Crippen molar-refractivity contribution in [3.05, 3.63) is 57.1 Å². The number of anilines is 1. The number of rotatable bonds is 2. The predicted molar refractivity (Wildman–Crippen MR) is 94.2 cm³/mol. The lowest BCUT2D eigenvalue weighted by molar-refractivity contribution is -0.119. The second-order valence-corrected chi connectivity index (χ2v) is 7.01. The first kappa shape index (κ1) is 16.2. The zero-order chi connectivity index (χ0) is 17.9. The maximum Gasteiger partial charge on any atom is 0.339 e. The van der Waals surface area contributed by atoms with Crippen LogP contribution in [0.4, 0.5) is 5.69 Å². The van der Waals surface area contributed by atoms with Crippen molar-refractivity contribution in [3.8, 4) is 5.75 Å². The fourth-order valence-corrected chi connectivity index (χ4v) is 4.27. The number of benzene rings is 2. The van der Waals surface area contributed by atoms with E-state index < -0.39 is 18.1 Å². The molecule has 0 radical (unpaired) electrons. The summed E-state index contributed by atoms with van der Waals surface area (Å²) in [5.41, 5.74) is 2.20. The molecule has 128 valence electrons. The minimum absolute atomic E-state index is 0.0702. The molecule has 0 amide bonds. The number of carbonyl (C=O) groups excluding carboxylic acids is 1. The van der Waals surface area contributed by atoms with Crippen molar-refractivity contribution in [2.75, 3.05) is 5.32 Å². The Balaban J connectivity index is 1.98. The number of Topliss-reactive ketones (excluding diaryl/α,β-unsaturated/α-hetero) is 1. The summed E-state index contributed by atoms with van der Waals surface area (Å²) in [5.74, 6) is -1.24. The van der Waals surface area contributed by atoms with Gasteiger partial charge in [-0.1, -0.05) is 35.3 Å². The van der Waals surface area contributed by atoms with Gasteiger partial charge in [0, 0.05) is 26.9 Å². The van der Waals surface area contributed by atoms with Crippen molar-refractivity contribution in [1.82, 2.24) is 0 Å². The number of carbonyl (C=O) groups is 2. The number of carboxylic acids is 1. The van der Waals surface area contributed by atoms with E-state index in [4.69, 9.17) is 27.9 Å². The number of nitrogens with one attached hydrogen (secondary N) is 1. The lowest BCUT2D eigenvalue weighted by Gasteiger charge is -2.35. The van der Waals surface area contributed by atoms with E-state index in [9.17, 15) is 14.7 Å². The minimum atomic E-state index is -1.08. The van der Waals surface area contributed by atoms with E-state index in [1.165, 1.54) is 13.0 Å². The van der Waals surface area contributed by atoms with Gasteiger partial charge in [-0.15, -0.1) is 0 Å². The standard InChI is InChI=1S/C18H13Cl2NO4/c1-7(22)15-17-13(14-11(20)5-8(19)6-12(14)21-15)9-3-2-4-10(18(23)24)16(9)25-17/h2-6,13,15,17,21H,1H3,(H,23,24). The Morgan fingerprint density at radius 1 is 1.24 bits per heavy atom. The average molecular weight is 378 g/mol. The molecule has 5 nitrogen and oxygen atoms in total. The van der Waals surface area contributed by atoms with Gasteiger partial charge >= 0.3 is 5.97 Å². The lowest BCUT2D eigenvalue weighted by atomic mass is 9.80. The molecule has 0 spiro atoms. The number of para-hydroxylation sites is 1. The first-order chi connectivity index (χ1) is 11.9. The van der Waals surface area contributed by atoms with E-state index in [0.29, 0.717) is 21.3 Å². The zero-order valence-electron chi connectivity index (χ0n) is 13.0. The second kappa shape index (κ2) is 5.64. The van der Waals surface area contributed by atoms with Crippen LogP contribution in [-0.2, 0) is 4.79 Å². The number of aromatic carboxylic acids is 1. The van der Waals surface area contributed by atoms with Crippen molar-refractivity contribution in [2.45, 2.75) is 25.0 Å². The van der Waals surface area contributed by atoms with Crippen LogP contribution in [0, 0.1) is 0 Å². The fraction of sp³-hybridized carbons (Fsp3) is 0.222. The molecule has 0 saturated heterocycles. The summed E-state index contributed by atoms with van der Waals surface area (Å²) in [5, 5.41) is 13.5. The van der Waals surface area contributed by atoms with Gasteiger partial charge in [-0.25, -0.2) is 4.79 Å². The van der Waals surface area contributed by atoms with Crippen molar-refractivity contribution >= 4 is 40.6 Å². The quantitative estimate of drug-likeness (QED) is 0.827. The highest BCUT2D eigenvalue weighted by Gasteiger charge is 2.48. The maximum atomic E-state index is 12.2. The van der Waals surface area contributed by atoms with E-state index >= 15 is 0 Å². The maximum absolute atomic E-state index is 12.2.